The zero-order valence-electron chi connectivity index (χ0n) is 7.70. The van der Waals surface area contributed by atoms with Crippen LogP contribution in [0.1, 0.15) is 10.4 Å². The van der Waals surface area contributed by atoms with Crippen LogP contribution >= 0.6 is 0 Å². The van der Waals surface area contributed by atoms with Gasteiger partial charge in [0.2, 0.25) is 11.5 Å². The lowest BCUT2D eigenvalue weighted by atomic mass is 10.1. The van der Waals surface area contributed by atoms with Gasteiger partial charge in [-0.05, 0) is 12.1 Å². The molecular weight excluding hydrogens is 210 g/mol. The fourth-order valence-corrected chi connectivity index (χ4v) is 1.02. The van der Waals surface area contributed by atoms with Crippen LogP contribution in [0.3, 0.4) is 0 Å². The Kier molecular flexibility index (Phi) is 3.08. The van der Waals surface area contributed by atoms with E-state index in [4.69, 9.17) is 10.2 Å². The summed E-state index contributed by atoms with van der Waals surface area (Å²) >= 11 is 0. The molecule has 82 valence electrons. The summed E-state index contributed by atoms with van der Waals surface area (Å²) in [5.41, 5.74) is -0.419. The Morgan fingerprint density at radius 2 is 2.00 bits per heavy atom. The number of Topliss-reactive ketones (excluding diaryl/α,β-unsaturated/α-hetero) is 1. The number of alkyl halides is 2. The van der Waals surface area contributed by atoms with Gasteiger partial charge in [0, 0.05) is 5.56 Å². The fraction of sp³-hybridized carbons (Fsp3) is 0.222. The van der Waals surface area contributed by atoms with Crippen molar-refractivity contribution in [1.29, 1.82) is 0 Å². The highest BCUT2D eigenvalue weighted by Crippen LogP contribution is 2.36. The second-order valence-electron chi connectivity index (χ2n) is 2.71. The second kappa shape index (κ2) is 4.12. The van der Waals surface area contributed by atoms with E-state index in [-0.39, 0.29) is 5.75 Å². The van der Waals surface area contributed by atoms with Crippen molar-refractivity contribution in [2.75, 3.05) is 7.11 Å². The topological polar surface area (TPSA) is 66.8 Å². The number of carbonyl (C=O) groups excluding carboxylic acids is 1. The molecule has 15 heavy (non-hydrogen) atoms. The van der Waals surface area contributed by atoms with Gasteiger partial charge >= 0.3 is 6.43 Å². The number of phenols is 2. The quantitative estimate of drug-likeness (QED) is 0.596. The molecule has 0 unspecified atom stereocenters. The number of halogens is 2. The lowest BCUT2D eigenvalue weighted by molar-refractivity contribution is 0.0678. The van der Waals surface area contributed by atoms with E-state index in [1.54, 1.807) is 0 Å². The van der Waals surface area contributed by atoms with Crippen LogP contribution in [0.5, 0.6) is 17.2 Å². The second-order valence-corrected chi connectivity index (χ2v) is 2.71. The van der Waals surface area contributed by atoms with E-state index in [9.17, 15) is 13.6 Å². The molecule has 0 fully saturated rings. The van der Waals surface area contributed by atoms with Crippen LogP contribution in [0.4, 0.5) is 8.78 Å². The van der Waals surface area contributed by atoms with Crippen LogP contribution in [-0.4, -0.2) is 29.5 Å². The van der Waals surface area contributed by atoms with Gasteiger partial charge in [-0.2, -0.15) is 0 Å². The Morgan fingerprint density at radius 1 is 1.40 bits per heavy atom. The van der Waals surface area contributed by atoms with Gasteiger partial charge in [-0.25, -0.2) is 8.78 Å². The summed E-state index contributed by atoms with van der Waals surface area (Å²) in [6, 6.07) is 1.69. The van der Waals surface area contributed by atoms with E-state index in [1.165, 1.54) is 7.11 Å². The van der Waals surface area contributed by atoms with Crippen LogP contribution in [0, 0.1) is 0 Å². The Labute approximate surface area is 83.7 Å². The third-order valence-corrected chi connectivity index (χ3v) is 1.76. The zero-order valence-corrected chi connectivity index (χ0v) is 7.70. The molecule has 0 spiro atoms. The summed E-state index contributed by atoms with van der Waals surface area (Å²) < 4.78 is 28.7. The molecule has 6 heteroatoms. The Bertz CT molecular complexity index is 390. The average Bonchev–Trinajstić information content (AvgIpc) is 2.20. The molecule has 0 amide bonds. The minimum Gasteiger partial charge on any atom is -0.504 e. The standard InChI is InChI=1S/C9H8F2O4/c1-15-6-3-4(7(13)9(10)11)2-5(12)8(6)14/h2-3,9,12,14H,1H3. The molecule has 0 aliphatic rings. The molecule has 0 aliphatic carbocycles. The first-order valence-electron chi connectivity index (χ1n) is 3.89. The molecule has 0 atom stereocenters. The number of carbonyl (C=O) groups is 1. The predicted octanol–water partition coefficient (Wildman–Crippen LogP) is 1.55. The molecule has 1 aromatic rings. The van der Waals surface area contributed by atoms with Gasteiger partial charge in [-0.15, -0.1) is 0 Å². The van der Waals surface area contributed by atoms with E-state index in [0.29, 0.717) is 0 Å². The molecule has 0 saturated carbocycles. The maximum atomic E-state index is 12.0. The van der Waals surface area contributed by atoms with E-state index in [0.717, 1.165) is 12.1 Å². The summed E-state index contributed by atoms with van der Waals surface area (Å²) in [5.74, 6) is -2.95. The predicted molar refractivity (Wildman–Crippen MR) is 46.7 cm³/mol. The fourth-order valence-electron chi connectivity index (χ4n) is 1.02. The average molecular weight is 218 g/mol. The minimum atomic E-state index is -3.17. The van der Waals surface area contributed by atoms with Crippen LogP contribution in [0.15, 0.2) is 12.1 Å². The Balaban J connectivity index is 3.22. The molecule has 0 bridgehead atoms. The number of ether oxygens (including phenoxy) is 1. The third-order valence-electron chi connectivity index (χ3n) is 1.76. The number of phenolic OH excluding ortho intramolecular Hbond substituents is 2. The highest BCUT2D eigenvalue weighted by molar-refractivity contribution is 5.99. The molecule has 0 aromatic heterocycles. The van der Waals surface area contributed by atoms with Crippen LogP contribution in [0.2, 0.25) is 0 Å². The monoisotopic (exact) mass is 218 g/mol. The Hall–Kier alpha value is -1.85. The van der Waals surface area contributed by atoms with E-state index >= 15 is 0 Å². The maximum absolute atomic E-state index is 12.0. The van der Waals surface area contributed by atoms with Gasteiger partial charge in [0.15, 0.2) is 11.5 Å². The van der Waals surface area contributed by atoms with Crippen molar-refractivity contribution < 1.29 is 28.5 Å². The molecule has 0 saturated heterocycles. The summed E-state index contributed by atoms with van der Waals surface area (Å²) in [5, 5.41) is 18.3. The van der Waals surface area contributed by atoms with E-state index in [1.807, 2.05) is 0 Å². The summed E-state index contributed by atoms with van der Waals surface area (Å²) in [7, 11) is 1.17. The van der Waals surface area contributed by atoms with Gasteiger partial charge < -0.3 is 14.9 Å². The van der Waals surface area contributed by atoms with Gasteiger partial charge in [0.1, 0.15) is 0 Å². The molecule has 4 nitrogen and oxygen atoms in total. The minimum absolute atomic E-state index is 0.237. The number of benzene rings is 1. The van der Waals surface area contributed by atoms with Crippen molar-refractivity contribution in [3.05, 3.63) is 17.7 Å². The number of hydrogen-bond acceptors (Lipinski definition) is 4. The number of methoxy groups -OCH3 is 1. The summed E-state index contributed by atoms with van der Waals surface area (Å²) in [6.07, 6.45) is -3.17. The first-order chi connectivity index (χ1) is 6.97. The molecule has 1 rings (SSSR count). The van der Waals surface area contributed by atoms with Gasteiger partial charge in [-0.1, -0.05) is 0 Å². The van der Waals surface area contributed by atoms with Gasteiger partial charge in [0.05, 0.1) is 7.11 Å². The molecule has 0 heterocycles. The molecular formula is C9H8F2O4. The van der Waals surface area contributed by atoms with Gasteiger partial charge in [-0.3, -0.25) is 4.79 Å². The number of aromatic hydroxyl groups is 2. The normalized spacial score (nSPS) is 10.4. The zero-order chi connectivity index (χ0) is 11.6. The van der Waals surface area contributed by atoms with Crippen LogP contribution in [0.25, 0.3) is 0 Å². The van der Waals surface area contributed by atoms with Crippen molar-refractivity contribution >= 4 is 5.78 Å². The summed E-state index contributed by atoms with van der Waals surface area (Å²) in [4.78, 5) is 10.9. The number of ketones is 1. The smallest absolute Gasteiger partial charge is 0.300 e. The van der Waals surface area contributed by atoms with E-state index < -0.39 is 29.3 Å². The van der Waals surface area contributed by atoms with Crippen molar-refractivity contribution in [2.24, 2.45) is 0 Å². The number of hydrogen-bond donors (Lipinski definition) is 2. The Morgan fingerprint density at radius 3 is 2.47 bits per heavy atom. The summed E-state index contributed by atoms with van der Waals surface area (Å²) in [6.45, 7) is 0. The maximum Gasteiger partial charge on any atom is 0.300 e. The third kappa shape index (κ3) is 2.15. The SMILES string of the molecule is COc1cc(C(=O)C(F)F)cc(O)c1O. The highest BCUT2D eigenvalue weighted by atomic mass is 19.3. The first-order valence-corrected chi connectivity index (χ1v) is 3.89. The lowest BCUT2D eigenvalue weighted by Gasteiger charge is -2.07. The van der Waals surface area contributed by atoms with Crippen molar-refractivity contribution in [2.45, 2.75) is 6.43 Å². The number of rotatable bonds is 3. The largest absolute Gasteiger partial charge is 0.504 e. The molecule has 0 aliphatic heterocycles. The van der Waals surface area contributed by atoms with Crippen molar-refractivity contribution in [1.82, 2.24) is 0 Å². The van der Waals surface area contributed by atoms with Crippen molar-refractivity contribution in [3.63, 3.8) is 0 Å². The lowest BCUT2D eigenvalue weighted by Crippen LogP contribution is -2.10. The van der Waals surface area contributed by atoms with E-state index in [2.05, 4.69) is 4.74 Å². The van der Waals surface area contributed by atoms with Crippen LogP contribution < -0.4 is 4.74 Å². The molecule has 1 aromatic carbocycles. The van der Waals surface area contributed by atoms with Crippen LogP contribution in [-0.2, 0) is 0 Å². The molecule has 0 radical (unpaired) electrons. The first kappa shape index (κ1) is 11.2. The van der Waals surface area contributed by atoms with Crippen molar-refractivity contribution in [3.8, 4) is 17.2 Å². The highest BCUT2D eigenvalue weighted by Gasteiger charge is 2.21. The molecule has 2 N–H and O–H groups in total. The van der Waals surface area contributed by atoms with Gasteiger partial charge in [0.25, 0.3) is 0 Å².